The first-order valence-electron chi connectivity index (χ1n) is 11.4. The summed E-state index contributed by atoms with van der Waals surface area (Å²) in [6.07, 6.45) is 5.09. The number of aldehydes is 1. The van der Waals surface area contributed by atoms with E-state index in [4.69, 9.17) is 5.73 Å². The van der Waals surface area contributed by atoms with Crippen molar-refractivity contribution in [3.05, 3.63) is 59.4 Å². The van der Waals surface area contributed by atoms with Crippen molar-refractivity contribution >= 4 is 23.1 Å². The van der Waals surface area contributed by atoms with Gasteiger partial charge in [0.25, 0.3) is 0 Å². The zero-order valence-corrected chi connectivity index (χ0v) is 19.8. The maximum Gasteiger partial charge on any atom is 0.230 e. The molecule has 8 heteroatoms. The Hall–Kier alpha value is -3.13. The minimum absolute atomic E-state index is 0.301. The number of hydrogen-bond acceptors (Lipinski definition) is 3. The first-order valence-corrected chi connectivity index (χ1v) is 11.4. The van der Waals surface area contributed by atoms with Crippen molar-refractivity contribution in [2.75, 3.05) is 7.05 Å². The van der Waals surface area contributed by atoms with Gasteiger partial charge >= 0.3 is 0 Å². The smallest absolute Gasteiger partial charge is 0.230 e. The number of hydrogen-bond donors (Lipinski definition) is 3. The van der Waals surface area contributed by atoms with Crippen LogP contribution in [0, 0.1) is 22.9 Å². The molecular formula is C26H32F3N3O2. The van der Waals surface area contributed by atoms with E-state index in [2.05, 4.69) is 10.7 Å². The number of aromatic amines is 1. The van der Waals surface area contributed by atoms with Crippen molar-refractivity contribution in [1.82, 2.24) is 4.98 Å². The Labute approximate surface area is 197 Å². The van der Waals surface area contributed by atoms with Gasteiger partial charge in [0, 0.05) is 11.5 Å². The summed E-state index contributed by atoms with van der Waals surface area (Å²) in [4.78, 5) is 23.4. The summed E-state index contributed by atoms with van der Waals surface area (Å²) in [5.74, 6) is -1.66. The Kier molecular flexibility index (Phi) is 9.44. The SMILES string of the molecule is CC.CN.Fc1ccc(-c2[nH]c3c(F)cc(F)cc3c2C2CCC2)cc1.NC(=O)C1(C=O)CC1. The number of fused-ring (bicyclic) bond motifs is 1. The number of aromatic nitrogens is 1. The zero-order valence-electron chi connectivity index (χ0n) is 19.8. The Morgan fingerprint density at radius 2 is 1.62 bits per heavy atom. The molecule has 1 aromatic heterocycles. The molecule has 5 nitrogen and oxygen atoms in total. The highest BCUT2D eigenvalue weighted by Gasteiger charge is 2.48. The predicted molar refractivity (Wildman–Crippen MR) is 129 cm³/mol. The number of halogens is 3. The van der Waals surface area contributed by atoms with Gasteiger partial charge in [-0.05, 0) is 80.1 Å². The predicted octanol–water partition coefficient (Wildman–Crippen LogP) is 5.57. The van der Waals surface area contributed by atoms with Gasteiger partial charge in [-0.2, -0.15) is 0 Å². The third-order valence-electron chi connectivity index (χ3n) is 6.02. The molecule has 0 saturated heterocycles. The molecule has 1 amide bonds. The second-order valence-corrected chi connectivity index (χ2v) is 8.00. The number of nitrogens with two attached hydrogens (primary N) is 2. The maximum atomic E-state index is 14.1. The first kappa shape index (κ1) is 27.1. The van der Waals surface area contributed by atoms with Crippen LogP contribution in [0.4, 0.5) is 13.2 Å². The molecule has 2 aliphatic carbocycles. The third kappa shape index (κ3) is 5.67. The quantitative estimate of drug-likeness (QED) is 0.339. The van der Waals surface area contributed by atoms with E-state index in [1.54, 1.807) is 12.1 Å². The summed E-state index contributed by atoms with van der Waals surface area (Å²) in [6.45, 7) is 4.00. The van der Waals surface area contributed by atoms with Gasteiger partial charge in [-0.25, -0.2) is 13.2 Å². The Morgan fingerprint density at radius 3 is 2.03 bits per heavy atom. The van der Waals surface area contributed by atoms with Crippen LogP contribution in [0.25, 0.3) is 22.2 Å². The molecule has 0 bridgehead atoms. The van der Waals surface area contributed by atoms with E-state index in [-0.39, 0.29) is 5.82 Å². The monoisotopic (exact) mass is 475 g/mol. The van der Waals surface area contributed by atoms with Crippen LogP contribution in [0.3, 0.4) is 0 Å². The second-order valence-electron chi connectivity index (χ2n) is 8.00. The van der Waals surface area contributed by atoms with Crippen molar-refractivity contribution < 1.29 is 22.8 Å². The van der Waals surface area contributed by atoms with Crippen LogP contribution < -0.4 is 11.5 Å². The largest absolute Gasteiger partial charge is 0.369 e. The van der Waals surface area contributed by atoms with Gasteiger partial charge in [-0.1, -0.05) is 20.3 Å². The van der Waals surface area contributed by atoms with Gasteiger partial charge in [-0.3, -0.25) is 4.79 Å². The van der Waals surface area contributed by atoms with Crippen LogP contribution in [0.15, 0.2) is 36.4 Å². The number of nitrogens with one attached hydrogen (secondary N) is 1. The molecule has 2 fully saturated rings. The average Bonchev–Trinajstić information content (AvgIpc) is 3.54. The summed E-state index contributed by atoms with van der Waals surface area (Å²) in [7, 11) is 1.50. The normalized spacial score (nSPS) is 15.4. The number of benzene rings is 2. The van der Waals surface area contributed by atoms with Crippen LogP contribution in [0.2, 0.25) is 0 Å². The Bertz CT molecular complexity index is 1120. The van der Waals surface area contributed by atoms with Crippen LogP contribution in [0.1, 0.15) is 57.4 Å². The van der Waals surface area contributed by atoms with Gasteiger partial charge in [0.15, 0.2) is 0 Å². The fourth-order valence-corrected chi connectivity index (χ4v) is 3.76. The van der Waals surface area contributed by atoms with Gasteiger partial charge in [-0.15, -0.1) is 0 Å². The minimum Gasteiger partial charge on any atom is -0.369 e. The van der Waals surface area contributed by atoms with Crippen LogP contribution >= 0.6 is 0 Å². The van der Waals surface area contributed by atoms with E-state index >= 15 is 0 Å². The molecule has 5 N–H and O–H groups in total. The molecule has 0 aliphatic heterocycles. The van der Waals surface area contributed by atoms with Crippen molar-refractivity contribution in [2.45, 2.75) is 51.9 Å². The maximum absolute atomic E-state index is 14.1. The summed E-state index contributed by atoms with van der Waals surface area (Å²) in [5, 5.41) is 0.599. The molecule has 0 spiro atoms. The molecule has 34 heavy (non-hydrogen) atoms. The lowest BCUT2D eigenvalue weighted by Crippen LogP contribution is -2.25. The molecule has 184 valence electrons. The first-order chi connectivity index (χ1) is 16.3. The zero-order chi connectivity index (χ0) is 25.5. The summed E-state index contributed by atoms with van der Waals surface area (Å²) in [6, 6.07) is 8.35. The minimum atomic E-state index is -0.750. The number of carbonyl (C=O) groups excluding carboxylic acids is 2. The van der Waals surface area contributed by atoms with E-state index in [9.17, 15) is 22.8 Å². The highest BCUT2D eigenvalue weighted by Crippen LogP contribution is 2.45. The molecule has 2 aliphatic rings. The van der Waals surface area contributed by atoms with E-state index in [1.807, 2.05) is 13.8 Å². The molecule has 1 heterocycles. The van der Waals surface area contributed by atoms with Crippen molar-refractivity contribution in [3.8, 4) is 11.3 Å². The van der Waals surface area contributed by atoms with Crippen LogP contribution in [-0.4, -0.2) is 24.2 Å². The molecule has 3 aromatic rings. The van der Waals surface area contributed by atoms with Gasteiger partial charge in [0.2, 0.25) is 5.91 Å². The van der Waals surface area contributed by atoms with Gasteiger partial charge in [0.1, 0.15) is 29.2 Å². The van der Waals surface area contributed by atoms with Crippen LogP contribution in [-0.2, 0) is 9.59 Å². The van der Waals surface area contributed by atoms with Gasteiger partial charge in [0.05, 0.1) is 11.2 Å². The van der Waals surface area contributed by atoms with E-state index in [0.29, 0.717) is 35.9 Å². The van der Waals surface area contributed by atoms with Crippen molar-refractivity contribution in [3.63, 3.8) is 0 Å². The Morgan fingerprint density at radius 1 is 1.03 bits per heavy atom. The van der Waals surface area contributed by atoms with E-state index in [1.165, 1.54) is 25.2 Å². The third-order valence-corrected chi connectivity index (χ3v) is 6.02. The number of primary amides is 1. The molecular weight excluding hydrogens is 443 g/mol. The Balaban J connectivity index is 0.000000286. The lowest BCUT2D eigenvalue weighted by atomic mass is 9.78. The second kappa shape index (κ2) is 11.8. The standard InChI is InChI=1S/C18H14F3N.C5H7NO2.C2H6.CH5N/c19-12-6-4-11(5-7-12)17-16(10-2-1-3-10)14-8-13(20)9-15(21)18(14)22-17;6-4(8)5(3-7)1-2-5;2*1-2/h4-10,22H,1-3H2;3H,1-2H2,(H2,6,8);1-2H3;2H2,1H3. The van der Waals surface area contributed by atoms with E-state index < -0.39 is 23.0 Å². The molecule has 2 saturated carbocycles. The lowest BCUT2D eigenvalue weighted by Gasteiger charge is -2.26. The summed E-state index contributed by atoms with van der Waals surface area (Å²) >= 11 is 0. The lowest BCUT2D eigenvalue weighted by molar-refractivity contribution is -0.128. The number of carbonyl (C=O) groups is 2. The van der Waals surface area contributed by atoms with E-state index in [0.717, 1.165) is 42.1 Å². The molecule has 5 rings (SSSR count). The molecule has 0 atom stereocenters. The average molecular weight is 476 g/mol. The van der Waals surface area contributed by atoms with Crippen LogP contribution in [0.5, 0.6) is 0 Å². The summed E-state index contributed by atoms with van der Waals surface area (Å²) < 4.78 is 40.8. The molecule has 0 unspecified atom stereocenters. The van der Waals surface area contributed by atoms with Crippen molar-refractivity contribution in [1.29, 1.82) is 0 Å². The molecule has 0 radical (unpaired) electrons. The topological polar surface area (TPSA) is 102 Å². The number of H-pyrrole nitrogens is 1. The fraction of sp³-hybridized carbons (Fsp3) is 0.385. The highest BCUT2D eigenvalue weighted by molar-refractivity contribution is 5.98. The van der Waals surface area contributed by atoms with Gasteiger partial charge < -0.3 is 21.2 Å². The fourth-order valence-electron chi connectivity index (χ4n) is 3.76. The number of rotatable bonds is 4. The summed E-state index contributed by atoms with van der Waals surface area (Å²) in [5.41, 5.74) is 11.5. The highest BCUT2D eigenvalue weighted by atomic mass is 19.1. The van der Waals surface area contributed by atoms with Crippen molar-refractivity contribution in [2.24, 2.45) is 16.9 Å². The molecule has 2 aromatic carbocycles. The number of amides is 1.